The van der Waals surface area contributed by atoms with Gasteiger partial charge in [0.05, 0.1) is 11.4 Å². The van der Waals surface area contributed by atoms with Crippen molar-refractivity contribution in [2.24, 2.45) is 0 Å². The van der Waals surface area contributed by atoms with Crippen LogP contribution in [-0.4, -0.2) is 19.1 Å². The fourth-order valence-corrected chi connectivity index (χ4v) is 2.65. The predicted octanol–water partition coefficient (Wildman–Crippen LogP) is 2.59. The van der Waals surface area contributed by atoms with Crippen molar-refractivity contribution in [1.29, 1.82) is 0 Å². The maximum absolute atomic E-state index is 4.49. The first-order valence-corrected chi connectivity index (χ1v) is 6.66. The Labute approximate surface area is 106 Å². The van der Waals surface area contributed by atoms with Crippen LogP contribution in [-0.2, 0) is 13.0 Å². The quantitative estimate of drug-likeness (QED) is 0.811. The molecule has 2 rings (SSSR count). The van der Waals surface area contributed by atoms with Crippen LogP contribution in [0.1, 0.15) is 19.5 Å². The number of hydrogen-bond donors (Lipinski definition) is 0. The molecule has 0 spiro atoms. The minimum absolute atomic E-state index is 0.800. The summed E-state index contributed by atoms with van der Waals surface area (Å²) in [6.45, 7) is 5.06. The summed E-state index contributed by atoms with van der Waals surface area (Å²) in [6.07, 6.45) is 0.954. The van der Waals surface area contributed by atoms with E-state index in [0.717, 1.165) is 33.2 Å². The van der Waals surface area contributed by atoms with Crippen LogP contribution < -0.4 is 0 Å². The van der Waals surface area contributed by atoms with Gasteiger partial charge in [-0.25, -0.2) is 4.98 Å². The van der Waals surface area contributed by atoms with Gasteiger partial charge >= 0.3 is 0 Å². The molecule has 0 saturated carbocycles. The van der Waals surface area contributed by atoms with Crippen LogP contribution in [0, 0.1) is 3.83 Å². The van der Waals surface area contributed by atoms with E-state index in [2.05, 4.69) is 57.0 Å². The van der Waals surface area contributed by atoms with Gasteiger partial charge in [0.15, 0.2) is 5.01 Å². The van der Waals surface area contributed by atoms with Crippen LogP contribution in [0.2, 0.25) is 0 Å². The highest BCUT2D eigenvalue weighted by molar-refractivity contribution is 14.1. The average Bonchev–Trinajstić information content (AvgIpc) is 2.82. The van der Waals surface area contributed by atoms with Crippen molar-refractivity contribution in [3.05, 3.63) is 15.6 Å². The lowest BCUT2D eigenvalue weighted by Gasteiger charge is -1.98. The van der Waals surface area contributed by atoms with Gasteiger partial charge in [-0.05, 0) is 30.9 Å². The third kappa shape index (κ3) is 2.20. The average molecular weight is 334 g/mol. The van der Waals surface area contributed by atoms with Crippen LogP contribution in [0.5, 0.6) is 0 Å². The third-order valence-corrected chi connectivity index (χ3v) is 3.66. The molecule has 0 radical (unpaired) electrons. The zero-order valence-electron chi connectivity index (χ0n) is 8.57. The Morgan fingerprint density at radius 2 is 2.27 bits per heavy atom. The zero-order chi connectivity index (χ0) is 10.8. The van der Waals surface area contributed by atoms with Gasteiger partial charge in [0.25, 0.3) is 0 Å². The van der Waals surface area contributed by atoms with Gasteiger partial charge in [0.1, 0.15) is 0 Å². The topological polar surface area (TPSA) is 43.6 Å². The zero-order valence-corrected chi connectivity index (χ0v) is 11.5. The first-order chi connectivity index (χ1) is 7.24. The number of rotatable bonds is 3. The third-order valence-electron chi connectivity index (χ3n) is 2.11. The predicted molar refractivity (Wildman–Crippen MR) is 68.9 cm³/mol. The van der Waals surface area contributed by atoms with Crippen LogP contribution >= 0.6 is 34.1 Å². The Bertz CT molecular complexity index is 462. The molecule has 0 atom stereocenters. The van der Waals surface area contributed by atoms with Crippen molar-refractivity contribution in [2.75, 3.05) is 0 Å². The van der Waals surface area contributed by atoms with E-state index >= 15 is 0 Å². The highest BCUT2D eigenvalue weighted by Crippen LogP contribution is 2.23. The van der Waals surface area contributed by atoms with Crippen molar-refractivity contribution < 1.29 is 0 Å². The molecular weight excluding hydrogens is 323 g/mol. The van der Waals surface area contributed by atoms with Gasteiger partial charge in [-0.15, -0.1) is 0 Å². The molecule has 0 aliphatic rings. The molecule has 0 aliphatic carbocycles. The molecule has 4 nitrogen and oxygen atoms in total. The van der Waals surface area contributed by atoms with E-state index in [-0.39, 0.29) is 0 Å². The van der Waals surface area contributed by atoms with Crippen molar-refractivity contribution in [3.8, 4) is 10.7 Å². The normalized spacial score (nSPS) is 10.9. The summed E-state index contributed by atoms with van der Waals surface area (Å²) in [5.74, 6) is 0. The maximum Gasteiger partial charge on any atom is 0.203 e. The number of aromatic nitrogens is 4. The second-order valence-electron chi connectivity index (χ2n) is 3.06. The van der Waals surface area contributed by atoms with Crippen molar-refractivity contribution >= 4 is 34.1 Å². The Kier molecular flexibility index (Phi) is 3.35. The molecule has 6 heteroatoms. The van der Waals surface area contributed by atoms with Gasteiger partial charge in [0.2, 0.25) is 3.83 Å². The molecule has 0 bridgehead atoms. The molecule has 2 aromatic heterocycles. The fraction of sp³-hybridized carbons (Fsp3) is 0.444. The summed E-state index contributed by atoms with van der Waals surface area (Å²) in [6, 6.07) is 2.10. The lowest BCUT2D eigenvalue weighted by molar-refractivity contribution is 0.654. The summed E-state index contributed by atoms with van der Waals surface area (Å²) in [5.41, 5.74) is 2.19. The SMILES string of the molecule is CCc1cc(-c2nc(I)ns2)n(CC)n1. The minimum atomic E-state index is 0.800. The van der Waals surface area contributed by atoms with Crippen LogP contribution in [0.15, 0.2) is 6.07 Å². The van der Waals surface area contributed by atoms with Crippen molar-refractivity contribution in [1.82, 2.24) is 19.1 Å². The van der Waals surface area contributed by atoms with Gasteiger partial charge < -0.3 is 0 Å². The van der Waals surface area contributed by atoms with Gasteiger partial charge in [0, 0.05) is 29.1 Å². The monoisotopic (exact) mass is 334 g/mol. The lowest BCUT2D eigenvalue weighted by atomic mass is 10.3. The van der Waals surface area contributed by atoms with Gasteiger partial charge in [-0.2, -0.15) is 9.47 Å². The number of hydrogen-bond acceptors (Lipinski definition) is 4. The smallest absolute Gasteiger partial charge is 0.203 e. The lowest BCUT2D eigenvalue weighted by Crippen LogP contribution is -1.99. The molecule has 0 fully saturated rings. The Balaban J connectivity index is 2.46. The van der Waals surface area contributed by atoms with E-state index in [1.165, 1.54) is 11.5 Å². The molecule has 0 saturated heterocycles. The summed E-state index contributed by atoms with van der Waals surface area (Å²) in [5, 5.41) is 5.44. The summed E-state index contributed by atoms with van der Waals surface area (Å²) in [4.78, 5) is 4.37. The van der Waals surface area contributed by atoms with E-state index < -0.39 is 0 Å². The highest BCUT2D eigenvalue weighted by atomic mass is 127. The van der Waals surface area contributed by atoms with Crippen LogP contribution in [0.3, 0.4) is 0 Å². The molecule has 2 aromatic rings. The largest absolute Gasteiger partial charge is 0.262 e. The number of halogens is 1. The molecule has 0 aliphatic heterocycles. The first kappa shape index (κ1) is 11.0. The van der Waals surface area contributed by atoms with E-state index in [0.29, 0.717) is 0 Å². The molecule has 2 heterocycles. The van der Waals surface area contributed by atoms with E-state index in [4.69, 9.17) is 0 Å². The van der Waals surface area contributed by atoms with E-state index in [9.17, 15) is 0 Å². The van der Waals surface area contributed by atoms with Crippen LogP contribution in [0.4, 0.5) is 0 Å². The number of nitrogens with zero attached hydrogens (tertiary/aromatic N) is 4. The molecule has 0 N–H and O–H groups in total. The first-order valence-electron chi connectivity index (χ1n) is 4.81. The van der Waals surface area contributed by atoms with Crippen LogP contribution in [0.25, 0.3) is 10.7 Å². The van der Waals surface area contributed by atoms with Crippen molar-refractivity contribution in [2.45, 2.75) is 26.8 Å². The standard InChI is InChI=1S/C9H11IN4S/c1-3-6-5-7(14(4-2)12-6)8-11-9(10)13-15-8/h5H,3-4H2,1-2H3. The van der Waals surface area contributed by atoms with Gasteiger partial charge in [-0.3, -0.25) is 4.68 Å². The second kappa shape index (κ2) is 4.56. The summed E-state index contributed by atoms with van der Waals surface area (Å²) < 4.78 is 6.96. The molecule has 0 aromatic carbocycles. The maximum atomic E-state index is 4.49. The Morgan fingerprint density at radius 1 is 1.47 bits per heavy atom. The summed E-state index contributed by atoms with van der Waals surface area (Å²) in [7, 11) is 0. The fourth-order valence-electron chi connectivity index (χ4n) is 1.37. The Hall–Kier alpha value is -0.500. The molecule has 0 unspecified atom stereocenters. The van der Waals surface area contributed by atoms with Crippen molar-refractivity contribution in [3.63, 3.8) is 0 Å². The van der Waals surface area contributed by atoms with E-state index in [1.54, 1.807) is 0 Å². The molecule has 0 amide bonds. The minimum Gasteiger partial charge on any atom is -0.262 e. The second-order valence-corrected chi connectivity index (χ2v) is 4.78. The molecular formula is C9H11IN4S. The highest BCUT2D eigenvalue weighted by Gasteiger charge is 2.11. The number of aryl methyl sites for hydroxylation is 2. The van der Waals surface area contributed by atoms with E-state index in [1.807, 2.05) is 4.68 Å². The molecule has 15 heavy (non-hydrogen) atoms. The van der Waals surface area contributed by atoms with Gasteiger partial charge in [-0.1, -0.05) is 6.92 Å². The summed E-state index contributed by atoms with van der Waals surface area (Å²) >= 11 is 3.55. The Morgan fingerprint density at radius 3 is 2.80 bits per heavy atom. The molecule has 80 valence electrons.